The van der Waals surface area contributed by atoms with Gasteiger partial charge >= 0.3 is 0 Å². The third kappa shape index (κ3) is 4.86. The van der Waals surface area contributed by atoms with E-state index >= 15 is 0 Å². The molecule has 23 heavy (non-hydrogen) atoms. The third-order valence-corrected chi connectivity index (χ3v) is 5.43. The minimum atomic E-state index is 0.0853. The lowest BCUT2D eigenvalue weighted by molar-refractivity contribution is -0.128. The summed E-state index contributed by atoms with van der Waals surface area (Å²) in [6.45, 7) is 5.30. The zero-order chi connectivity index (χ0) is 15.9. The molecule has 0 saturated carbocycles. The molecule has 2 aliphatic rings. The van der Waals surface area contributed by atoms with Crippen LogP contribution in [0.1, 0.15) is 12.2 Å². The maximum Gasteiger partial charge on any atom is 0.247 e. The van der Waals surface area contributed by atoms with Crippen molar-refractivity contribution in [2.75, 3.05) is 50.9 Å². The lowest BCUT2D eigenvalue weighted by atomic mass is 10.2. The van der Waals surface area contributed by atoms with E-state index in [0.29, 0.717) is 5.76 Å². The Morgan fingerprint density at radius 1 is 1.35 bits per heavy atom. The van der Waals surface area contributed by atoms with Crippen molar-refractivity contribution in [3.8, 4) is 0 Å². The molecule has 0 spiro atoms. The van der Waals surface area contributed by atoms with Gasteiger partial charge in [-0.3, -0.25) is 9.69 Å². The van der Waals surface area contributed by atoms with Gasteiger partial charge in [-0.25, -0.2) is 0 Å². The van der Waals surface area contributed by atoms with E-state index in [9.17, 15) is 4.79 Å². The van der Waals surface area contributed by atoms with Gasteiger partial charge in [0.25, 0.3) is 0 Å². The standard InChI is InChI=1S/C17H24N2O3S/c20-17(5-4-16-3-1-9-22-16)19-6-2-12-23-14-15(19)13-18-7-10-21-11-8-18/h1,3-5,9,15H,2,6-8,10-14H2/b5-4+. The molecule has 5 nitrogen and oxygen atoms in total. The predicted molar refractivity (Wildman–Crippen MR) is 92.4 cm³/mol. The van der Waals surface area contributed by atoms with Crippen molar-refractivity contribution < 1.29 is 13.9 Å². The molecule has 2 aliphatic heterocycles. The van der Waals surface area contributed by atoms with Gasteiger partial charge in [0, 0.05) is 38.0 Å². The first-order valence-corrected chi connectivity index (χ1v) is 9.38. The molecule has 1 aromatic rings. The molecule has 1 amide bonds. The highest BCUT2D eigenvalue weighted by atomic mass is 32.2. The number of carbonyl (C=O) groups is 1. The first kappa shape index (κ1) is 16.6. The number of carbonyl (C=O) groups excluding carboxylic acids is 1. The number of amides is 1. The van der Waals surface area contributed by atoms with E-state index in [2.05, 4.69) is 4.90 Å². The predicted octanol–water partition coefficient (Wildman–Crippen LogP) is 1.96. The molecule has 0 bridgehead atoms. The Labute approximate surface area is 141 Å². The summed E-state index contributed by atoms with van der Waals surface area (Å²) in [5, 5.41) is 0. The summed E-state index contributed by atoms with van der Waals surface area (Å²) in [4.78, 5) is 17.1. The molecule has 2 saturated heterocycles. The molecule has 1 atom stereocenters. The number of nitrogens with zero attached hydrogens (tertiary/aromatic N) is 2. The first-order valence-electron chi connectivity index (χ1n) is 8.23. The van der Waals surface area contributed by atoms with Crippen molar-refractivity contribution in [3.05, 3.63) is 30.2 Å². The number of morpholine rings is 1. The number of thioether (sulfide) groups is 1. The highest BCUT2D eigenvalue weighted by Crippen LogP contribution is 2.18. The van der Waals surface area contributed by atoms with Crippen LogP contribution in [0.3, 0.4) is 0 Å². The van der Waals surface area contributed by atoms with Crippen molar-refractivity contribution in [2.24, 2.45) is 0 Å². The maximum atomic E-state index is 12.6. The summed E-state index contributed by atoms with van der Waals surface area (Å²) in [7, 11) is 0. The van der Waals surface area contributed by atoms with Crippen molar-refractivity contribution in [1.29, 1.82) is 0 Å². The highest BCUT2D eigenvalue weighted by molar-refractivity contribution is 7.99. The monoisotopic (exact) mass is 336 g/mol. The Morgan fingerprint density at radius 2 is 2.22 bits per heavy atom. The Balaban J connectivity index is 1.63. The number of ether oxygens (including phenoxy) is 1. The van der Waals surface area contributed by atoms with Crippen LogP contribution in [0.25, 0.3) is 6.08 Å². The maximum absolute atomic E-state index is 12.6. The van der Waals surface area contributed by atoms with Crippen LogP contribution in [-0.4, -0.2) is 72.6 Å². The molecule has 2 fully saturated rings. The fraction of sp³-hybridized carbons (Fsp3) is 0.588. The van der Waals surface area contributed by atoms with Crippen LogP contribution in [0.5, 0.6) is 0 Å². The second-order valence-corrected chi connectivity index (χ2v) is 7.03. The van der Waals surface area contributed by atoms with E-state index in [-0.39, 0.29) is 11.9 Å². The average molecular weight is 336 g/mol. The lowest BCUT2D eigenvalue weighted by Gasteiger charge is -2.35. The summed E-state index contributed by atoms with van der Waals surface area (Å²) in [6.07, 6.45) is 6.08. The highest BCUT2D eigenvalue weighted by Gasteiger charge is 2.27. The Hall–Kier alpha value is -1.24. The third-order valence-electron chi connectivity index (χ3n) is 4.23. The molecular weight excluding hydrogens is 312 g/mol. The van der Waals surface area contributed by atoms with Crippen LogP contribution >= 0.6 is 11.8 Å². The van der Waals surface area contributed by atoms with Gasteiger partial charge < -0.3 is 14.1 Å². The smallest absolute Gasteiger partial charge is 0.247 e. The van der Waals surface area contributed by atoms with Gasteiger partial charge in [0.1, 0.15) is 5.76 Å². The van der Waals surface area contributed by atoms with Crippen LogP contribution in [0.15, 0.2) is 28.9 Å². The van der Waals surface area contributed by atoms with E-state index in [0.717, 1.165) is 57.3 Å². The molecule has 126 valence electrons. The number of hydrogen-bond acceptors (Lipinski definition) is 5. The molecule has 1 aromatic heterocycles. The number of furan rings is 1. The lowest BCUT2D eigenvalue weighted by Crippen LogP contribution is -2.50. The number of rotatable bonds is 4. The molecule has 6 heteroatoms. The Kier molecular flexibility index (Phi) is 6.19. The van der Waals surface area contributed by atoms with Gasteiger partial charge in [-0.1, -0.05) is 0 Å². The fourth-order valence-electron chi connectivity index (χ4n) is 2.99. The largest absolute Gasteiger partial charge is 0.465 e. The molecule has 3 rings (SSSR count). The average Bonchev–Trinajstić information content (AvgIpc) is 2.99. The minimum Gasteiger partial charge on any atom is -0.465 e. The van der Waals surface area contributed by atoms with E-state index < -0.39 is 0 Å². The number of hydrogen-bond donors (Lipinski definition) is 0. The van der Waals surface area contributed by atoms with E-state index in [1.54, 1.807) is 18.4 Å². The quantitative estimate of drug-likeness (QED) is 0.787. The van der Waals surface area contributed by atoms with E-state index in [1.165, 1.54) is 0 Å². The molecular formula is C17H24N2O3S. The first-order chi connectivity index (χ1) is 11.3. The normalized spacial score (nSPS) is 24.0. The van der Waals surface area contributed by atoms with Gasteiger partial charge in [-0.05, 0) is 30.4 Å². The molecule has 1 unspecified atom stereocenters. The minimum absolute atomic E-state index is 0.0853. The molecule has 0 N–H and O–H groups in total. The van der Waals surface area contributed by atoms with E-state index in [1.807, 2.05) is 28.8 Å². The Morgan fingerprint density at radius 3 is 3.00 bits per heavy atom. The summed E-state index contributed by atoms with van der Waals surface area (Å²) >= 11 is 1.96. The van der Waals surface area contributed by atoms with Crippen molar-refractivity contribution in [2.45, 2.75) is 12.5 Å². The van der Waals surface area contributed by atoms with Crippen LogP contribution in [0, 0.1) is 0 Å². The van der Waals surface area contributed by atoms with Crippen LogP contribution in [-0.2, 0) is 9.53 Å². The summed E-state index contributed by atoms with van der Waals surface area (Å²) in [5.74, 6) is 2.94. The zero-order valence-corrected chi connectivity index (χ0v) is 14.2. The van der Waals surface area contributed by atoms with Gasteiger partial charge in [0.2, 0.25) is 5.91 Å². The summed E-state index contributed by atoms with van der Waals surface area (Å²) in [5.41, 5.74) is 0. The second kappa shape index (κ2) is 8.57. The van der Waals surface area contributed by atoms with Crippen molar-refractivity contribution >= 4 is 23.7 Å². The Bertz CT molecular complexity index is 512. The molecule has 0 radical (unpaired) electrons. The topological polar surface area (TPSA) is 45.9 Å². The van der Waals surface area contributed by atoms with Gasteiger partial charge in [0.15, 0.2) is 0 Å². The molecule has 0 aliphatic carbocycles. The van der Waals surface area contributed by atoms with Crippen LogP contribution < -0.4 is 0 Å². The van der Waals surface area contributed by atoms with Crippen molar-refractivity contribution in [1.82, 2.24) is 9.80 Å². The van der Waals surface area contributed by atoms with Gasteiger partial charge in [0.05, 0.1) is 25.5 Å². The van der Waals surface area contributed by atoms with Gasteiger partial charge in [-0.15, -0.1) is 0 Å². The van der Waals surface area contributed by atoms with Crippen LogP contribution in [0.4, 0.5) is 0 Å². The van der Waals surface area contributed by atoms with E-state index in [4.69, 9.17) is 9.15 Å². The zero-order valence-electron chi connectivity index (χ0n) is 13.4. The summed E-state index contributed by atoms with van der Waals surface area (Å²) < 4.78 is 10.7. The molecule has 3 heterocycles. The second-order valence-electron chi connectivity index (χ2n) is 5.88. The molecule has 0 aromatic carbocycles. The SMILES string of the molecule is O=C(/C=C/c1ccco1)N1CCCSCC1CN1CCOCC1. The summed E-state index contributed by atoms with van der Waals surface area (Å²) in [6, 6.07) is 3.95. The fourth-order valence-corrected chi connectivity index (χ4v) is 4.04. The van der Waals surface area contributed by atoms with Crippen molar-refractivity contribution in [3.63, 3.8) is 0 Å². The van der Waals surface area contributed by atoms with Gasteiger partial charge in [-0.2, -0.15) is 11.8 Å². The van der Waals surface area contributed by atoms with Crippen LogP contribution in [0.2, 0.25) is 0 Å².